The fourth-order valence-electron chi connectivity index (χ4n) is 2.89. The number of carbonyl (C=O) groups excluding carboxylic acids is 1. The molecule has 1 fully saturated rings. The summed E-state index contributed by atoms with van der Waals surface area (Å²) >= 11 is 0. The molecule has 2 N–H and O–H groups in total. The number of benzene rings is 1. The lowest BCUT2D eigenvalue weighted by atomic mass is 9.90. The molecule has 0 saturated carbocycles. The monoisotopic (exact) mass is 291 g/mol. The fraction of sp³-hybridized carbons (Fsp3) is 0.588. The van der Waals surface area contributed by atoms with Gasteiger partial charge in [0.15, 0.2) is 0 Å². The quantitative estimate of drug-likeness (QED) is 0.870. The van der Waals surface area contributed by atoms with Crippen LogP contribution in [0.1, 0.15) is 39.5 Å². The first kappa shape index (κ1) is 15.8. The van der Waals surface area contributed by atoms with E-state index in [1.165, 1.54) is 0 Å². The third kappa shape index (κ3) is 4.21. The largest absolute Gasteiger partial charge is 0.486 e. The van der Waals surface area contributed by atoms with E-state index in [0.29, 0.717) is 12.3 Å². The Balaban J connectivity index is 2.17. The predicted octanol–water partition coefficient (Wildman–Crippen LogP) is 2.90. The van der Waals surface area contributed by atoms with E-state index in [1.54, 1.807) is 0 Å². The van der Waals surface area contributed by atoms with Gasteiger partial charge >= 0.3 is 5.97 Å². The van der Waals surface area contributed by atoms with Gasteiger partial charge < -0.3 is 15.2 Å². The van der Waals surface area contributed by atoms with Crippen molar-refractivity contribution >= 4 is 5.97 Å². The van der Waals surface area contributed by atoms with E-state index in [4.69, 9.17) is 15.2 Å². The number of hydrogen-bond acceptors (Lipinski definition) is 4. The highest BCUT2D eigenvalue weighted by Gasteiger charge is 2.33. The standard InChI is InChI=1S/C17H25NO3/c1-3-13-8-7-11-15(18)17(19)20-12(2)16(13)21-14-9-5-4-6-10-14/h4-6,9-10,12-13,15-16H,3,7-8,11,18H2,1-2H3/t12-,13-,15-,16-/m0/s1. The van der Waals surface area contributed by atoms with Gasteiger partial charge in [0.1, 0.15) is 24.0 Å². The molecule has 0 amide bonds. The van der Waals surface area contributed by atoms with Crippen molar-refractivity contribution in [3.05, 3.63) is 30.3 Å². The van der Waals surface area contributed by atoms with Crippen LogP contribution in [0.25, 0.3) is 0 Å². The Hall–Kier alpha value is -1.55. The zero-order valence-electron chi connectivity index (χ0n) is 12.8. The van der Waals surface area contributed by atoms with Crippen molar-refractivity contribution in [2.75, 3.05) is 0 Å². The third-order valence-corrected chi connectivity index (χ3v) is 4.16. The zero-order valence-corrected chi connectivity index (χ0v) is 12.8. The van der Waals surface area contributed by atoms with E-state index in [-0.39, 0.29) is 18.2 Å². The molecule has 0 aliphatic carbocycles. The number of rotatable bonds is 3. The summed E-state index contributed by atoms with van der Waals surface area (Å²) in [4.78, 5) is 11.9. The molecule has 4 heteroatoms. The molecule has 0 aromatic heterocycles. The lowest BCUT2D eigenvalue weighted by Crippen LogP contribution is -2.41. The van der Waals surface area contributed by atoms with Crippen LogP contribution in [-0.4, -0.2) is 24.2 Å². The number of carbonyl (C=O) groups is 1. The highest BCUT2D eigenvalue weighted by atomic mass is 16.6. The molecule has 21 heavy (non-hydrogen) atoms. The molecule has 0 spiro atoms. The van der Waals surface area contributed by atoms with E-state index < -0.39 is 6.04 Å². The maximum absolute atomic E-state index is 11.9. The molecule has 4 atom stereocenters. The normalized spacial score (nSPS) is 30.7. The Kier molecular flexibility index (Phi) is 5.62. The summed E-state index contributed by atoms with van der Waals surface area (Å²) in [7, 11) is 0. The van der Waals surface area contributed by atoms with E-state index >= 15 is 0 Å². The summed E-state index contributed by atoms with van der Waals surface area (Å²) in [6.07, 6.45) is 3.17. The molecule has 0 unspecified atom stereocenters. The summed E-state index contributed by atoms with van der Waals surface area (Å²) in [6, 6.07) is 9.19. The van der Waals surface area contributed by atoms with E-state index in [9.17, 15) is 4.79 Å². The molecule has 2 rings (SSSR count). The van der Waals surface area contributed by atoms with Gasteiger partial charge in [0.25, 0.3) is 0 Å². The Morgan fingerprint density at radius 1 is 1.29 bits per heavy atom. The first-order chi connectivity index (χ1) is 10.1. The Morgan fingerprint density at radius 2 is 2.00 bits per heavy atom. The van der Waals surface area contributed by atoms with Crippen LogP contribution in [0.3, 0.4) is 0 Å². The topological polar surface area (TPSA) is 61.6 Å². The Bertz CT molecular complexity index is 449. The second-order valence-electron chi connectivity index (χ2n) is 5.74. The van der Waals surface area contributed by atoms with E-state index in [1.807, 2.05) is 37.3 Å². The average Bonchev–Trinajstić information content (AvgIpc) is 2.54. The summed E-state index contributed by atoms with van der Waals surface area (Å²) in [5, 5.41) is 0. The zero-order chi connectivity index (χ0) is 15.2. The number of nitrogens with two attached hydrogens (primary N) is 1. The molecular weight excluding hydrogens is 266 g/mol. The minimum absolute atomic E-state index is 0.133. The van der Waals surface area contributed by atoms with Gasteiger partial charge in [-0.25, -0.2) is 0 Å². The van der Waals surface area contributed by atoms with E-state index in [0.717, 1.165) is 25.0 Å². The van der Waals surface area contributed by atoms with Gasteiger partial charge in [-0.1, -0.05) is 31.5 Å². The molecular formula is C17H25NO3. The van der Waals surface area contributed by atoms with Crippen LogP contribution >= 0.6 is 0 Å². The van der Waals surface area contributed by atoms with Crippen LogP contribution in [-0.2, 0) is 9.53 Å². The molecule has 0 bridgehead atoms. The number of para-hydroxylation sites is 1. The van der Waals surface area contributed by atoms with Gasteiger partial charge in [0, 0.05) is 0 Å². The summed E-state index contributed by atoms with van der Waals surface area (Å²) in [5.41, 5.74) is 5.85. The highest BCUT2D eigenvalue weighted by molar-refractivity contribution is 5.75. The lowest BCUT2D eigenvalue weighted by molar-refractivity contribution is -0.155. The molecule has 1 saturated heterocycles. The molecule has 1 heterocycles. The first-order valence-electron chi connectivity index (χ1n) is 7.79. The SMILES string of the molecule is CC[C@H]1CCC[C@H](N)C(=O)O[C@@H](C)[C@@H]1Oc1ccccc1. The number of cyclic esters (lactones) is 1. The Labute approximate surface area is 126 Å². The second-order valence-corrected chi connectivity index (χ2v) is 5.74. The van der Waals surface area contributed by atoms with Crippen LogP contribution in [0.2, 0.25) is 0 Å². The molecule has 1 aromatic carbocycles. The van der Waals surface area contributed by atoms with Crippen LogP contribution < -0.4 is 10.5 Å². The minimum Gasteiger partial charge on any atom is -0.486 e. The summed E-state index contributed by atoms with van der Waals surface area (Å²) < 4.78 is 11.6. The summed E-state index contributed by atoms with van der Waals surface area (Å²) in [5.74, 6) is 0.853. The van der Waals surface area contributed by atoms with Crippen molar-refractivity contribution in [2.45, 2.75) is 57.8 Å². The predicted molar refractivity (Wildman–Crippen MR) is 82.0 cm³/mol. The average molecular weight is 291 g/mol. The molecule has 0 radical (unpaired) electrons. The van der Waals surface area contributed by atoms with Gasteiger partial charge in [-0.15, -0.1) is 0 Å². The van der Waals surface area contributed by atoms with Gasteiger partial charge in [-0.3, -0.25) is 4.79 Å². The molecule has 1 aromatic rings. The fourth-order valence-corrected chi connectivity index (χ4v) is 2.89. The molecule has 1 aliphatic heterocycles. The number of hydrogen-bond donors (Lipinski definition) is 1. The molecule has 1 aliphatic rings. The first-order valence-corrected chi connectivity index (χ1v) is 7.79. The van der Waals surface area contributed by atoms with Gasteiger partial charge in [0.2, 0.25) is 0 Å². The van der Waals surface area contributed by atoms with Crippen LogP contribution in [0.5, 0.6) is 5.75 Å². The summed E-state index contributed by atoms with van der Waals surface area (Å²) in [6.45, 7) is 4.05. The minimum atomic E-state index is -0.513. The van der Waals surface area contributed by atoms with Crippen LogP contribution in [0.4, 0.5) is 0 Å². The van der Waals surface area contributed by atoms with Gasteiger partial charge in [-0.05, 0) is 44.2 Å². The van der Waals surface area contributed by atoms with Crippen molar-refractivity contribution in [3.8, 4) is 5.75 Å². The maximum Gasteiger partial charge on any atom is 0.323 e. The van der Waals surface area contributed by atoms with Gasteiger partial charge in [-0.2, -0.15) is 0 Å². The molecule has 116 valence electrons. The van der Waals surface area contributed by atoms with Crippen molar-refractivity contribution in [2.24, 2.45) is 11.7 Å². The smallest absolute Gasteiger partial charge is 0.323 e. The van der Waals surface area contributed by atoms with Crippen molar-refractivity contribution in [1.82, 2.24) is 0 Å². The third-order valence-electron chi connectivity index (χ3n) is 4.16. The second kappa shape index (κ2) is 7.46. The number of esters is 1. The molecule has 4 nitrogen and oxygen atoms in total. The van der Waals surface area contributed by atoms with Crippen molar-refractivity contribution in [1.29, 1.82) is 0 Å². The van der Waals surface area contributed by atoms with Crippen LogP contribution in [0.15, 0.2) is 30.3 Å². The van der Waals surface area contributed by atoms with Crippen molar-refractivity contribution in [3.63, 3.8) is 0 Å². The van der Waals surface area contributed by atoms with Gasteiger partial charge in [0.05, 0.1) is 0 Å². The highest BCUT2D eigenvalue weighted by Crippen LogP contribution is 2.27. The van der Waals surface area contributed by atoms with Crippen molar-refractivity contribution < 1.29 is 14.3 Å². The van der Waals surface area contributed by atoms with Crippen LogP contribution in [0, 0.1) is 5.92 Å². The number of ether oxygens (including phenoxy) is 2. The lowest BCUT2D eigenvalue weighted by Gasteiger charge is -2.31. The maximum atomic E-state index is 11.9. The van der Waals surface area contributed by atoms with E-state index in [2.05, 4.69) is 6.92 Å². The Morgan fingerprint density at radius 3 is 2.67 bits per heavy atom.